The SMILES string of the molecule is N[C@H]1C(O)O[C@H](CO)[C@H](O)[C@@H]1O.N[C@H]1C(O)O[C@H](CO)[C@H](O)[C@@H]1O. The zero-order valence-corrected chi connectivity index (χ0v) is 12.7. The predicted octanol–water partition coefficient (Wildman–Crippen LogP) is -6.51. The number of hydrogen-bond donors (Lipinski definition) is 10. The second-order valence-electron chi connectivity index (χ2n) is 5.61. The fraction of sp³-hybridized carbons (Fsp3) is 1.00. The molecule has 0 radical (unpaired) electrons. The van der Waals surface area contributed by atoms with Crippen LogP contribution in [0.15, 0.2) is 0 Å². The van der Waals surface area contributed by atoms with Crippen LogP contribution in [0.25, 0.3) is 0 Å². The highest BCUT2D eigenvalue weighted by Gasteiger charge is 2.42. The highest BCUT2D eigenvalue weighted by molar-refractivity contribution is 4.91. The Labute approximate surface area is 137 Å². The van der Waals surface area contributed by atoms with E-state index in [0.717, 1.165) is 0 Å². The summed E-state index contributed by atoms with van der Waals surface area (Å²) in [5.41, 5.74) is 10.5. The van der Waals surface area contributed by atoms with Gasteiger partial charge in [0.15, 0.2) is 12.6 Å². The normalized spacial score (nSPS) is 49.2. The molecule has 2 heterocycles. The molecule has 24 heavy (non-hydrogen) atoms. The van der Waals surface area contributed by atoms with Gasteiger partial charge in [0.05, 0.1) is 25.3 Å². The maximum absolute atomic E-state index is 9.20. The molecule has 12 N–H and O–H groups in total. The summed E-state index contributed by atoms with van der Waals surface area (Å²) in [6.45, 7) is -0.940. The van der Waals surface area contributed by atoms with Gasteiger partial charge in [-0.05, 0) is 0 Å². The van der Waals surface area contributed by atoms with E-state index in [1.807, 2.05) is 0 Å². The summed E-state index contributed by atoms with van der Waals surface area (Å²) in [5, 5.41) is 72.1. The second-order valence-corrected chi connectivity index (χ2v) is 5.61. The molecule has 2 aliphatic heterocycles. The first kappa shape index (κ1) is 21.6. The van der Waals surface area contributed by atoms with Crippen molar-refractivity contribution in [1.29, 1.82) is 0 Å². The van der Waals surface area contributed by atoms with Gasteiger partial charge in [-0.15, -0.1) is 0 Å². The van der Waals surface area contributed by atoms with Crippen molar-refractivity contribution in [1.82, 2.24) is 0 Å². The molecular formula is C12H26N2O10. The largest absolute Gasteiger partial charge is 0.394 e. The highest BCUT2D eigenvalue weighted by Crippen LogP contribution is 2.18. The van der Waals surface area contributed by atoms with Crippen LogP contribution >= 0.6 is 0 Å². The Morgan fingerprint density at radius 2 is 0.875 bits per heavy atom. The molecule has 144 valence electrons. The molecule has 0 bridgehead atoms. The van der Waals surface area contributed by atoms with Crippen LogP contribution in [0.3, 0.4) is 0 Å². The van der Waals surface area contributed by atoms with Gasteiger partial charge in [-0.2, -0.15) is 0 Å². The predicted molar refractivity (Wildman–Crippen MR) is 75.9 cm³/mol. The van der Waals surface area contributed by atoms with Crippen molar-refractivity contribution in [3.8, 4) is 0 Å². The average molecular weight is 358 g/mol. The number of ether oxygens (including phenoxy) is 2. The second kappa shape index (κ2) is 9.28. The van der Waals surface area contributed by atoms with Crippen LogP contribution in [0.2, 0.25) is 0 Å². The van der Waals surface area contributed by atoms with E-state index >= 15 is 0 Å². The van der Waals surface area contributed by atoms with E-state index in [9.17, 15) is 20.4 Å². The Balaban J connectivity index is 0.000000240. The zero-order valence-electron chi connectivity index (χ0n) is 12.7. The van der Waals surface area contributed by atoms with Gasteiger partial charge in [0.25, 0.3) is 0 Å². The summed E-state index contributed by atoms with van der Waals surface area (Å²) >= 11 is 0. The molecule has 0 saturated carbocycles. The minimum Gasteiger partial charge on any atom is -0.394 e. The summed E-state index contributed by atoms with van der Waals surface area (Å²) in [6.07, 6.45) is -9.70. The number of nitrogens with two attached hydrogens (primary N) is 2. The molecule has 0 aromatic heterocycles. The van der Waals surface area contributed by atoms with Crippen LogP contribution in [-0.2, 0) is 9.47 Å². The summed E-state index contributed by atoms with van der Waals surface area (Å²) in [4.78, 5) is 0. The molecule has 10 atom stereocenters. The standard InChI is InChI=1S/2C6H13NO5/c2*7-3-5(10)4(9)2(1-8)12-6(3)11/h2*2-6,8-11H,1,7H2/t2*2-,3-,4+,5-,6?/m11/s1. The number of aliphatic hydroxyl groups excluding tert-OH is 8. The van der Waals surface area contributed by atoms with E-state index in [2.05, 4.69) is 0 Å². The Kier molecular flexibility index (Phi) is 8.34. The van der Waals surface area contributed by atoms with E-state index in [4.69, 9.17) is 41.4 Å². The first-order valence-corrected chi connectivity index (χ1v) is 7.27. The van der Waals surface area contributed by atoms with Gasteiger partial charge in [-0.1, -0.05) is 0 Å². The van der Waals surface area contributed by atoms with Crippen molar-refractivity contribution in [2.24, 2.45) is 11.5 Å². The van der Waals surface area contributed by atoms with Crippen molar-refractivity contribution in [3.05, 3.63) is 0 Å². The van der Waals surface area contributed by atoms with Crippen LogP contribution < -0.4 is 11.5 Å². The highest BCUT2D eigenvalue weighted by atomic mass is 16.6. The fourth-order valence-electron chi connectivity index (χ4n) is 2.24. The molecular weight excluding hydrogens is 332 g/mol. The van der Waals surface area contributed by atoms with E-state index in [1.54, 1.807) is 0 Å². The Hall–Kier alpha value is -0.480. The molecule has 0 amide bonds. The quantitative estimate of drug-likeness (QED) is 0.222. The minimum atomic E-state index is -1.35. The third-order valence-electron chi connectivity index (χ3n) is 3.90. The van der Waals surface area contributed by atoms with Crippen LogP contribution in [-0.4, -0.2) is 115 Å². The molecule has 2 fully saturated rings. The summed E-state index contributed by atoms with van der Waals surface area (Å²) in [7, 11) is 0. The van der Waals surface area contributed by atoms with Crippen LogP contribution in [0.5, 0.6) is 0 Å². The average Bonchev–Trinajstić information content (AvgIpc) is 2.58. The lowest BCUT2D eigenvalue weighted by atomic mass is 9.98. The number of hydrogen-bond acceptors (Lipinski definition) is 12. The van der Waals surface area contributed by atoms with Crippen molar-refractivity contribution >= 4 is 0 Å². The van der Waals surface area contributed by atoms with Crippen LogP contribution in [0.1, 0.15) is 0 Å². The summed E-state index contributed by atoms with van der Waals surface area (Å²) in [5.74, 6) is 0. The van der Waals surface area contributed by atoms with Gasteiger partial charge in [0.1, 0.15) is 36.6 Å². The molecule has 0 aliphatic carbocycles. The molecule has 2 rings (SSSR count). The maximum atomic E-state index is 9.20. The molecule has 2 aliphatic rings. The van der Waals surface area contributed by atoms with Gasteiger partial charge in [-0.3, -0.25) is 0 Å². The van der Waals surface area contributed by atoms with Crippen molar-refractivity contribution in [2.75, 3.05) is 13.2 Å². The lowest BCUT2D eigenvalue weighted by molar-refractivity contribution is -0.248. The van der Waals surface area contributed by atoms with E-state index < -0.39 is 74.5 Å². The van der Waals surface area contributed by atoms with Crippen molar-refractivity contribution in [3.63, 3.8) is 0 Å². The topological polar surface area (TPSA) is 232 Å². The van der Waals surface area contributed by atoms with E-state index in [1.165, 1.54) is 0 Å². The molecule has 2 unspecified atom stereocenters. The molecule has 0 aromatic carbocycles. The Morgan fingerprint density at radius 1 is 0.583 bits per heavy atom. The fourth-order valence-corrected chi connectivity index (χ4v) is 2.24. The first-order chi connectivity index (χ1) is 11.1. The number of rotatable bonds is 2. The zero-order chi connectivity index (χ0) is 18.6. The van der Waals surface area contributed by atoms with Crippen LogP contribution in [0, 0.1) is 0 Å². The van der Waals surface area contributed by atoms with E-state index in [0.29, 0.717) is 0 Å². The van der Waals surface area contributed by atoms with Crippen LogP contribution in [0.4, 0.5) is 0 Å². The van der Waals surface area contributed by atoms with Gasteiger partial charge in [-0.25, -0.2) is 0 Å². The van der Waals surface area contributed by atoms with Gasteiger partial charge in [0, 0.05) is 0 Å². The van der Waals surface area contributed by atoms with E-state index in [-0.39, 0.29) is 0 Å². The lowest BCUT2D eigenvalue weighted by Gasteiger charge is -2.38. The lowest BCUT2D eigenvalue weighted by Crippen LogP contribution is -2.61. The molecule has 12 heteroatoms. The summed E-state index contributed by atoms with van der Waals surface area (Å²) in [6, 6.07) is -2.08. The maximum Gasteiger partial charge on any atom is 0.173 e. The molecule has 0 spiro atoms. The molecule has 12 nitrogen and oxygen atoms in total. The molecule has 0 aromatic rings. The smallest absolute Gasteiger partial charge is 0.173 e. The monoisotopic (exact) mass is 358 g/mol. The molecule has 2 saturated heterocycles. The Bertz CT molecular complexity index is 334. The first-order valence-electron chi connectivity index (χ1n) is 7.27. The van der Waals surface area contributed by atoms with Gasteiger partial charge in [0.2, 0.25) is 0 Å². The minimum absolute atomic E-state index is 0.470. The third kappa shape index (κ3) is 4.78. The van der Waals surface area contributed by atoms with Crippen molar-refractivity contribution in [2.45, 2.75) is 61.3 Å². The van der Waals surface area contributed by atoms with Gasteiger partial charge >= 0.3 is 0 Å². The van der Waals surface area contributed by atoms with Gasteiger partial charge < -0.3 is 61.8 Å². The van der Waals surface area contributed by atoms with Crippen molar-refractivity contribution < 1.29 is 50.3 Å². The number of aliphatic hydroxyl groups is 8. The third-order valence-corrected chi connectivity index (χ3v) is 3.90. The Morgan fingerprint density at radius 3 is 1.12 bits per heavy atom. The summed E-state index contributed by atoms with van der Waals surface area (Å²) < 4.78 is 9.40.